The van der Waals surface area contributed by atoms with Crippen molar-refractivity contribution < 1.29 is 4.79 Å². The van der Waals surface area contributed by atoms with Gasteiger partial charge in [-0.1, -0.05) is 55.9 Å². The molecule has 0 spiro atoms. The van der Waals surface area contributed by atoms with Crippen LogP contribution in [0, 0.1) is 5.41 Å². The Balaban J connectivity index is 1.66. The van der Waals surface area contributed by atoms with E-state index in [0.29, 0.717) is 11.9 Å². The van der Waals surface area contributed by atoms with Crippen molar-refractivity contribution in [2.75, 3.05) is 5.32 Å². The Bertz CT molecular complexity index is 1100. The number of carbonyl (C=O) groups excluding carboxylic acids is 1. The lowest BCUT2D eigenvalue weighted by atomic mass is 9.71. The molecule has 0 aromatic carbocycles. The molecule has 2 aromatic rings. The van der Waals surface area contributed by atoms with Gasteiger partial charge in [0, 0.05) is 24.7 Å². The first kappa shape index (κ1) is 24.2. The van der Waals surface area contributed by atoms with Crippen LogP contribution >= 0.6 is 0 Å². The molecule has 1 aliphatic carbocycles. The fraction of sp³-hybridized carbons (Fsp3) is 0.321. The number of amides is 1. The smallest absolute Gasteiger partial charge is 0.249 e. The van der Waals surface area contributed by atoms with Crippen LogP contribution in [0.5, 0.6) is 0 Å². The highest BCUT2D eigenvalue weighted by Gasteiger charge is 2.32. The first-order valence-corrected chi connectivity index (χ1v) is 11.4. The lowest BCUT2D eigenvalue weighted by molar-refractivity contribution is -0.112. The molecule has 0 fully saturated rings. The minimum atomic E-state index is -0.189. The summed E-state index contributed by atoms with van der Waals surface area (Å²) in [6.07, 6.45) is 21.7. The van der Waals surface area contributed by atoms with Crippen LogP contribution in [0.3, 0.4) is 0 Å². The Kier molecular flexibility index (Phi) is 7.99. The van der Waals surface area contributed by atoms with Crippen LogP contribution in [-0.4, -0.2) is 20.4 Å². The van der Waals surface area contributed by atoms with Crippen molar-refractivity contribution in [3.05, 3.63) is 102 Å². The molecule has 2 aromatic heterocycles. The molecule has 2 heterocycles. The number of nitrogens with zero attached hydrogens (tertiary/aromatic N) is 3. The maximum atomic E-state index is 12.1. The lowest BCUT2D eigenvalue weighted by Gasteiger charge is -2.37. The second-order valence-electron chi connectivity index (χ2n) is 9.24. The van der Waals surface area contributed by atoms with Crippen LogP contribution in [0.4, 0.5) is 5.82 Å². The van der Waals surface area contributed by atoms with Crippen LogP contribution in [0.25, 0.3) is 0 Å². The number of hydrogen-bond acceptors (Lipinski definition) is 3. The Hall–Kier alpha value is -3.47. The molecule has 0 saturated heterocycles. The summed E-state index contributed by atoms with van der Waals surface area (Å²) in [5.41, 5.74) is 4.96. The number of pyridine rings is 1. The van der Waals surface area contributed by atoms with Gasteiger partial charge in [-0.3, -0.25) is 4.79 Å². The molecule has 1 unspecified atom stereocenters. The third-order valence-electron chi connectivity index (χ3n) is 6.09. The van der Waals surface area contributed by atoms with E-state index in [-0.39, 0.29) is 11.3 Å². The van der Waals surface area contributed by atoms with Crippen LogP contribution in [0.15, 0.2) is 102 Å². The Labute approximate surface area is 197 Å². The standard InChI is InChI=1S/C28H34N4O/c1-21(9-8-10-22(2)19-27(33)31-26-11-6-7-16-30-26)12-13-24-23(3)25(14-15-28(24,4)5)32-18-17-29-20-32/h6-13,16-20,25H,14-15H2,1-5H3,(H,30,31,33)/b10-8+,13-12+,21-9+,22-19-. The van der Waals surface area contributed by atoms with E-state index in [4.69, 9.17) is 0 Å². The zero-order valence-electron chi connectivity index (χ0n) is 20.2. The van der Waals surface area contributed by atoms with E-state index in [1.807, 2.05) is 43.7 Å². The van der Waals surface area contributed by atoms with Gasteiger partial charge in [-0.05, 0) is 67.9 Å². The van der Waals surface area contributed by atoms with E-state index >= 15 is 0 Å². The monoisotopic (exact) mass is 442 g/mol. The summed E-state index contributed by atoms with van der Waals surface area (Å²) in [5, 5.41) is 2.76. The van der Waals surface area contributed by atoms with Gasteiger partial charge < -0.3 is 9.88 Å². The summed E-state index contributed by atoms with van der Waals surface area (Å²) in [6.45, 7) is 10.9. The van der Waals surface area contributed by atoms with Gasteiger partial charge in [0.2, 0.25) is 5.91 Å². The first-order valence-electron chi connectivity index (χ1n) is 11.4. The van der Waals surface area contributed by atoms with Crippen molar-refractivity contribution in [3.8, 4) is 0 Å². The summed E-state index contributed by atoms with van der Waals surface area (Å²) in [4.78, 5) is 20.4. The van der Waals surface area contributed by atoms with Crippen molar-refractivity contribution >= 4 is 11.7 Å². The molecule has 1 amide bonds. The number of anilines is 1. The average molecular weight is 443 g/mol. The third-order valence-corrected chi connectivity index (χ3v) is 6.09. The molecule has 0 bridgehead atoms. The molecule has 33 heavy (non-hydrogen) atoms. The maximum Gasteiger partial charge on any atom is 0.249 e. The third kappa shape index (κ3) is 6.75. The van der Waals surface area contributed by atoms with Crippen molar-refractivity contribution in [3.63, 3.8) is 0 Å². The van der Waals surface area contributed by atoms with Crippen LogP contribution < -0.4 is 5.32 Å². The van der Waals surface area contributed by atoms with Crippen LogP contribution in [0.1, 0.15) is 53.5 Å². The molecule has 5 heteroatoms. The average Bonchev–Trinajstić information content (AvgIpc) is 3.28. The molecule has 1 atom stereocenters. The second kappa shape index (κ2) is 10.9. The highest BCUT2D eigenvalue weighted by Crippen LogP contribution is 2.45. The molecule has 0 radical (unpaired) electrons. The van der Waals surface area contributed by atoms with Crippen molar-refractivity contribution in [1.29, 1.82) is 0 Å². The number of rotatable bonds is 7. The first-order chi connectivity index (χ1) is 15.8. The fourth-order valence-electron chi connectivity index (χ4n) is 4.22. The molecule has 1 N–H and O–H groups in total. The number of carbonyl (C=O) groups is 1. The number of aromatic nitrogens is 3. The van der Waals surface area contributed by atoms with Gasteiger partial charge in [-0.2, -0.15) is 0 Å². The lowest BCUT2D eigenvalue weighted by Crippen LogP contribution is -2.25. The molecule has 172 valence electrons. The Morgan fingerprint density at radius 2 is 2.00 bits per heavy atom. The molecule has 0 saturated carbocycles. The van der Waals surface area contributed by atoms with Gasteiger partial charge in [0.25, 0.3) is 0 Å². The molecule has 1 aliphatic rings. The van der Waals surface area contributed by atoms with E-state index < -0.39 is 0 Å². The van der Waals surface area contributed by atoms with Crippen molar-refractivity contribution in [2.24, 2.45) is 5.41 Å². The van der Waals surface area contributed by atoms with E-state index in [0.717, 1.165) is 24.0 Å². The van der Waals surface area contributed by atoms with E-state index in [2.05, 4.69) is 72.0 Å². The minimum absolute atomic E-state index is 0.147. The number of hydrogen-bond donors (Lipinski definition) is 1. The van der Waals surface area contributed by atoms with E-state index in [9.17, 15) is 4.79 Å². The summed E-state index contributed by atoms with van der Waals surface area (Å²) in [5.74, 6) is 0.354. The number of imidazole rings is 1. The Morgan fingerprint density at radius 1 is 1.18 bits per heavy atom. The predicted molar refractivity (Wildman–Crippen MR) is 136 cm³/mol. The van der Waals surface area contributed by atoms with Gasteiger partial charge in [0.05, 0.1) is 12.4 Å². The summed E-state index contributed by atoms with van der Waals surface area (Å²) >= 11 is 0. The quantitative estimate of drug-likeness (QED) is 0.388. The Morgan fingerprint density at radius 3 is 2.70 bits per heavy atom. The fourth-order valence-corrected chi connectivity index (χ4v) is 4.22. The molecular formula is C28H34N4O. The predicted octanol–water partition coefficient (Wildman–Crippen LogP) is 6.60. The zero-order chi connectivity index (χ0) is 23.8. The van der Waals surface area contributed by atoms with Crippen molar-refractivity contribution in [1.82, 2.24) is 14.5 Å². The second-order valence-corrected chi connectivity index (χ2v) is 9.24. The minimum Gasteiger partial charge on any atom is -0.330 e. The van der Waals surface area contributed by atoms with Crippen LogP contribution in [0.2, 0.25) is 0 Å². The summed E-state index contributed by atoms with van der Waals surface area (Å²) in [6, 6.07) is 5.78. The maximum absolute atomic E-state index is 12.1. The van der Waals surface area contributed by atoms with Gasteiger partial charge >= 0.3 is 0 Å². The largest absolute Gasteiger partial charge is 0.330 e. The van der Waals surface area contributed by atoms with E-state index in [1.54, 1.807) is 18.3 Å². The van der Waals surface area contributed by atoms with Gasteiger partial charge in [0.1, 0.15) is 5.82 Å². The van der Waals surface area contributed by atoms with E-state index in [1.165, 1.54) is 11.1 Å². The molecule has 5 nitrogen and oxygen atoms in total. The zero-order valence-corrected chi connectivity index (χ0v) is 20.2. The number of nitrogens with one attached hydrogen (secondary N) is 1. The summed E-state index contributed by atoms with van der Waals surface area (Å²) in [7, 11) is 0. The van der Waals surface area contributed by atoms with Gasteiger partial charge in [-0.25, -0.2) is 9.97 Å². The van der Waals surface area contributed by atoms with Gasteiger partial charge in [0.15, 0.2) is 0 Å². The highest BCUT2D eigenvalue weighted by atomic mass is 16.1. The highest BCUT2D eigenvalue weighted by molar-refractivity contribution is 5.99. The molecular weight excluding hydrogens is 408 g/mol. The SMILES string of the molecule is CC1=C(/C=C/C(C)=C/C=C/C(C)=C\C(=O)Nc2ccccn2)C(C)(C)CCC1n1ccnc1. The molecule has 0 aliphatic heterocycles. The topological polar surface area (TPSA) is 59.8 Å². The molecule has 3 rings (SSSR count). The summed E-state index contributed by atoms with van der Waals surface area (Å²) < 4.78 is 2.21. The number of allylic oxidation sites excluding steroid dienone is 9. The van der Waals surface area contributed by atoms with Gasteiger partial charge in [-0.15, -0.1) is 0 Å². The normalized spacial score (nSPS) is 19.5. The van der Waals surface area contributed by atoms with Crippen molar-refractivity contribution in [2.45, 2.75) is 53.5 Å². The van der Waals surface area contributed by atoms with Crippen LogP contribution in [-0.2, 0) is 4.79 Å².